The van der Waals surface area contributed by atoms with E-state index in [1.807, 2.05) is 25.1 Å². The van der Waals surface area contributed by atoms with E-state index >= 15 is 0 Å². The number of sulfonamides is 1. The zero-order chi connectivity index (χ0) is 20.1. The molecule has 28 heavy (non-hydrogen) atoms. The van der Waals surface area contributed by atoms with Crippen LogP contribution in [0, 0.1) is 5.82 Å². The van der Waals surface area contributed by atoms with Gasteiger partial charge in [0, 0.05) is 37.9 Å². The first-order chi connectivity index (χ1) is 13.4. The molecule has 2 heterocycles. The van der Waals surface area contributed by atoms with Crippen LogP contribution in [-0.4, -0.2) is 49.8 Å². The lowest BCUT2D eigenvalue weighted by molar-refractivity contribution is 0.346. The maximum absolute atomic E-state index is 14.3. The number of hydrogen-bond donors (Lipinski definition) is 1. The lowest BCUT2D eigenvalue weighted by atomic mass is 10.1. The Kier molecular flexibility index (Phi) is 6.64. The summed E-state index contributed by atoms with van der Waals surface area (Å²) in [6.45, 7) is 1.89. The summed E-state index contributed by atoms with van der Waals surface area (Å²) in [7, 11) is 0.182. The molecule has 3 rings (SSSR count). The van der Waals surface area contributed by atoms with E-state index in [1.165, 1.54) is 10.4 Å². The Morgan fingerprint density at radius 2 is 1.93 bits per heavy atom. The summed E-state index contributed by atoms with van der Waals surface area (Å²) in [5.74, 6) is 0.0287. The highest BCUT2D eigenvalue weighted by Crippen LogP contribution is 2.25. The van der Waals surface area contributed by atoms with Gasteiger partial charge in [-0.05, 0) is 50.7 Å². The van der Waals surface area contributed by atoms with E-state index in [4.69, 9.17) is 0 Å². The van der Waals surface area contributed by atoms with Crippen LogP contribution in [0.5, 0.6) is 0 Å². The summed E-state index contributed by atoms with van der Waals surface area (Å²) in [5, 5.41) is 3.07. The third kappa shape index (κ3) is 4.87. The quantitative estimate of drug-likeness (QED) is 0.766. The maximum atomic E-state index is 14.3. The molecule has 152 valence electrons. The molecule has 0 aliphatic carbocycles. The van der Waals surface area contributed by atoms with Crippen molar-refractivity contribution in [1.82, 2.24) is 14.2 Å². The van der Waals surface area contributed by atoms with Crippen molar-refractivity contribution >= 4 is 15.8 Å². The van der Waals surface area contributed by atoms with Crippen molar-refractivity contribution in [3.63, 3.8) is 0 Å². The Morgan fingerprint density at radius 3 is 2.61 bits per heavy atom. The molecule has 2 aromatic rings. The molecule has 1 aromatic carbocycles. The zero-order valence-electron chi connectivity index (χ0n) is 16.4. The molecule has 1 saturated heterocycles. The molecule has 1 aliphatic heterocycles. The van der Waals surface area contributed by atoms with Crippen LogP contribution in [0.2, 0.25) is 0 Å². The predicted molar refractivity (Wildman–Crippen MR) is 108 cm³/mol. The molecular weight excluding hydrogens is 379 g/mol. The van der Waals surface area contributed by atoms with Gasteiger partial charge in [0.25, 0.3) is 0 Å². The van der Waals surface area contributed by atoms with Gasteiger partial charge in [-0.1, -0.05) is 18.6 Å². The minimum atomic E-state index is -3.60. The van der Waals surface area contributed by atoms with Crippen molar-refractivity contribution in [3.8, 4) is 0 Å². The fourth-order valence-electron chi connectivity index (χ4n) is 3.33. The van der Waals surface area contributed by atoms with Gasteiger partial charge in [-0.25, -0.2) is 17.8 Å². The second-order valence-electron chi connectivity index (χ2n) is 7.33. The predicted octanol–water partition coefficient (Wildman–Crippen LogP) is 3.07. The normalized spacial score (nSPS) is 15.7. The average molecular weight is 407 g/mol. The number of nitrogens with zero attached hydrogens (tertiary/aromatic N) is 3. The van der Waals surface area contributed by atoms with Gasteiger partial charge >= 0.3 is 0 Å². The van der Waals surface area contributed by atoms with Crippen LogP contribution in [0.1, 0.15) is 30.4 Å². The number of anilines is 1. The monoisotopic (exact) mass is 406 g/mol. The Balaban J connectivity index is 1.76. The summed E-state index contributed by atoms with van der Waals surface area (Å²) in [4.78, 5) is 6.29. The molecule has 6 nitrogen and oxygen atoms in total. The molecule has 0 saturated carbocycles. The molecule has 1 aliphatic rings. The van der Waals surface area contributed by atoms with E-state index in [1.54, 1.807) is 24.4 Å². The van der Waals surface area contributed by atoms with Crippen molar-refractivity contribution in [2.24, 2.45) is 0 Å². The second kappa shape index (κ2) is 8.98. The Bertz CT molecular complexity index is 912. The van der Waals surface area contributed by atoms with Gasteiger partial charge in [0.15, 0.2) is 0 Å². The molecule has 0 unspecified atom stereocenters. The number of halogens is 1. The third-order valence-corrected chi connectivity index (χ3v) is 6.70. The Labute approximate surface area is 166 Å². The van der Waals surface area contributed by atoms with Gasteiger partial charge in [0.2, 0.25) is 10.0 Å². The highest BCUT2D eigenvalue weighted by Gasteiger charge is 2.28. The Hall–Kier alpha value is -2.03. The summed E-state index contributed by atoms with van der Waals surface area (Å²) in [6, 6.07) is 8.28. The molecule has 0 spiro atoms. The van der Waals surface area contributed by atoms with Crippen molar-refractivity contribution in [3.05, 3.63) is 53.5 Å². The van der Waals surface area contributed by atoms with Gasteiger partial charge in [-0.3, -0.25) is 0 Å². The largest absolute Gasteiger partial charge is 0.365 e. The van der Waals surface area contributed by atoms with Gasteiger partial charge in [-0.15, -0.1) is 0 Å². The standard InChI is InChI=1S/C20H27FN4O2S/c1-24(2)15-17-9-8-16(13-18(17)21)14-23-20-19(7-6-10-22-20)28(26,27)25-11-4-3-5-12-25/h6-10,13H,3-5,11-12,14-15H2,1-2H3,(H,22,23). The molecule has 0 amide bonds. The van der Waals surface area contributed by atoms with E-state index < -0.39 is 10.0 Å². The van der Waals surface area contributed by atoms with Crippen molar-refractivity contribution < 1.29 is 12.8 Å². The van der Waals surface area contributed by atoms with Crippen LogP contribution in [0.25, 0.3) is 0 Å². The fraction of sp³-hybridized carbons (Fsp3) is 0.450. The van der Waals surface area contributed by atoms with Gasteiger partial charge in [0.1, 0.15) is 16.5 Å². The number of benzene rings is 1. The van der Waals surface area contributed by atoms with E-state index in [2.05, 4.69) is 10.3 Å². The van der Waals surface area contributed by atoms with Crippen molar-refractivity contribution in [2.45, 2.75) is 37.2 Å². The minimum absolute atomic E-state index is 0.168. The summed E-state index contributed by atoms with van der Waals surface area (Å²) in [5.41, 5.74) is 1.35. The summed E-state index contributed by atoms with van der Waals surface area (Å²) < 4.78 is 41.8. The van der Waals surface area contributed by atoms with Crippen LogP contribution in [-0.2, 0) is 23.1 Å². The molecular formula is C20H27FN4O2S. The highest BCUT2D eigenvalue weighted by molar-refractivity contribution is 7.89. The molecule has 1 fully saturated rings. The Morgan fingerprint density at radius 1 is 1.18 bits per heavy atom. The van der Waals surface area contributed by atoms with Crippen LogP contribution in [0.4, 0.5) is 10.2 Å². The molecule has 0 atom stereocenters. The average Bonchev–Trinajstić information content (AvgIpc) is 2.69. The molecule has 1 aromatic heterocycles. The van der Waals surface area contributed by atoms with E-state index in [0.717, 1.165) is 24.8 Å². The lowest BCUT2D eigenvalue weighted by Crippen LogP contribution is -2.36. The molecule has 8 heteroatoms. The van der Waals surface area contributed by atoms with Crippen LogP contribution in [0.3, 0.4) is 0 Å². The molecule has 1 N–H and O–H groups in total. The van der Waals surface area contributed by atoms with Crippen molar-refractivity contribution in [2.75, 3.05) is 32.5 Å². The van der Waals surface area contributed by atoms with Gasteiger partial charge in [-0.2, -0.15) is 4.31 Å². The van der Waals surface area contributed by atoms with Crippen LogP contribution < -0.4 is 5.32 Å². The van der Waals surface area contributed by atoms with Gasteiger partial charge in [0.05, 0.1) is 0 Å². The van der Waals surface area contributed by atoms with Crippen LogP contribution in [0.15, 0.2) is 41.4 Å². The maximum Gasteiger partial charge on any atom is 0.246 e. The lowest BCUT2D eigenvalue weighted by Gasteiger charge is -2.26. The summed E-state index contributed by atoms with van der Waals surface area (Å²) >= 11 is 0. The van der Waals surface area contributed by atoms with E-state index in [0.29, 0.717) is 37.6 Å². The van der Waals surface area contributed by atoms with E-state index in [-0.39, 0.29) is 10.7 Å². The van der Waals surface area contributed by atoms with Crippen LogP contribution >= 0.6 is 0 Å². The third-order valence-electron chi connectivity index (χ3n) is 4.77. The second-order valence-corrected chi connectivity index (χ2v) is 9.24. The fourth-order valence-corrected chi connectivity index (χ4v) is 4.97. The molecule has 0 bridgehead atoms. The summed E-state index contributed by atoms with van der Waals surface area (Å²) in [6.07, 6.45) is 4.36. The number of hydrogen-bond acceptors (Lipinski definition) is 5. The van der Waals surface area contributed by atoms with Gasteiger partial charge < -0.3 is 10.2 Å². The number of aromatic nitrogens is 1. The number of pyridine rings is 1. The molecule has 0 radical (unpaired) electrons. The number of piperidine rings is 1. The highest BCUT2D eigenvalue weighted by atomic mass is 32.2. The number of rotatable bonds is 7. The van der Waals surface area contributed by atoms with E-state index in [9.17, 15) is 12.8 Å². The smallest absolute Gasteiger partial charge is 0.246 e. The minimum Gasteiger partial charge on any atom is -0.365 e. The topological polar surface area (TPSA) is 65.5 Å². The number of nitrogens with one attached hydrogen (secondary N) is 1. The van der Waals surface area contributed by atoms with Crippen molar-refractivity contribution in [1.29, 1.82) is 0 Å². The zero-order valence-corrected chi connectivity index (χ0v) is 17.2. The SMILES string of the molecule is CN(C)Cc1ccc(CNc2ncccc2S(=O)(=O)N2CCCCC2)cc1F. The first kappa shape index (κ1) is 20.7. The first-order valence-electron chi connectivity index (χ1n) is 9.49. The first-order valence-corrected chi connectivity index (χ1v) is 10.9.